The monoisotopic (exact) mass is 433 g/mol. The molecule has 0 aliphatic heterocycles. The molecule has 2 N–H and O–H groups in total. The van der Waals surface area contributed by atoms with Crippen LogP contribution in [0.5, 0.6) is 0 Å². The van der Waals surface area contributed by atoms with Crippen LogP contribution < -0.4 is 16.1 Å². The third kappa shape index (κ3) is 5.49. The summed E-state index contributed by atoms with van der Waals surface area (Å²) in [5.74, 6) is -1.32. The van der Waals surface area contributed by atoms with E-state index in [0.29, 0.717) is 13.0 Å². The molecule has 6 nitrogen and oxygen atoms in total. The van der Waals surface area contributed by atoms with Gasteiger partial charge in [-0.3, -0.25) is 14.4 Å². The van der Waals surface area contributed by atoms with Crippen LogP contribution in [0.4, 0.5) is 4.39 Å². The van der Waals surface area contributed by atoms with Gasteiger partial charge in [-0.05, 0) is 42.5 Å². The molecule has 1 fully saturated rings. The number of hydrogen-bond acceptors (Lipinski definition) is 3. The van der Waals surface area contributed by atoms with Gasteiger partial charge in [0.25, 0.3) is 11.8 Å². The topological polar surface area (TPSA) is 80.2 Å². The average Bonchev–Trinajstić information content (AvgIpc) is 3.60. The molecule has 2 amide bonds. The smallest absolute Gasteiger partial charge is 0.256 e. The quantitative estimate of drug-likeness (QED) is 0.573. The zero-order chi connectivity index (χ0) is 22.5. The minimum absolute atomic E-state index is 0.0426. The summed E-state index contributed by atoms with van der Waals surface area (Å²) < 4.78 is 14.7. The molecule has 0 spiro atoms. The van der Waals surface area contributed by atoms with Crippen molar-refractivity contribution in [3.05, 3.63) is 105 Å². The predicted molar refractivity (Wildman–Crippen MR) is 119 cm³/mol. The van der Waals surface area contributed by atoms with Crippen molar-refractivity contribution in [1.82, 2.24) is 15.2 Å². The average molecular weight is 433 g/mol. The van der Waals surface area contributed by atoms with Crippen LogP contribution in [0.15, 0.2) is 71.8 Å². The summed E-state index contributed by atoms with van der Waals surface area (Å²) >= 11 is 0. The van der Waals surface area contributed by atoms with Gasteiger partial charge >= 0.3 is 0 Å². The fourth-order valence-electron chi connectivity index (χ4n) is 3.40. The Morgan fingerprint density at radius 2 is 1.56 bits per heavy atom. The van der Waals surface area contributed by atoms with E-state index in [1.54, 1.807) is 16.7 Å². The maximum Gasteiger partial charge on any atom is 0.256 e. The summed E-state index contributed by atoms with van der Waals surface area (Å²) in [6, 6.07) is 15.7. The standard InChI is InChI=1S/C25H24FN3O3/c26-19-8-6-17(7-9-19)12-13-27-24(31)21-15-29(14-18-4-2-1-3-5-18)16-22(23(21)30)25(32)28-20-10-11-20/h1-9,15-16,20H,10-14H2,(H,27,31)(H,28,32). The summed E-state index contributed by atoms with van der Waals surface area (Å²) in [5, 5.41) is 5.56. The number of halogens is 1. The van der Waals surface area contributed by atoms with E-state index in [2.05, 4.69) is 10.6 Å². The largest absolute Gasteiger partial charge is 0.352 e. The first kappa shape index (κ1) is 21.5. The highest BCUT2D eigenvalue weighted by Crippen LogP contribution is 2.19. The lowest BCUT2D eigenvalue weighted by Crippen LogP contribution is -2.36. The fourth-order valence-corrected chi connectivity index (χ4v) is 3.40. The van der Waals surface area contributed by atoms with Crippen LogP contribution >= 0.6 is 0 Å². The summed E-state index contributed by atoms with van der Waals surface area (Å²) in [7, 11) is 0. The van der Waals surface area contributed by atoms with Crippen LogP contribution in [0, 0.1) is 5.82 Å². The summed E-state index contributed by atoms with van der Waals surface area (Å²) in [6.07, 6.45) is 5.27. The van der Waals surface area contributed by atoms with Crippen molar-refractivity contribution in [2.45, 2.75) is 31.8 Å². The van der Waals surface area contributed by atoms with Crippen LogP contribution in [0.25, 0.3) is 0 Å². The molecule has 164 valence electrons. The second kappa shape index (κ2) is 9.60. The van der Waals surface area contributed by atoms with E-state index in [9.17, 15) is 18.8 Å². The highest BCUT2D eigenvalue weighted by Gasteiger charge is 2.26. The number of nitrogens with one attached hydrogen (secondary N) is 2. The molecule has 3 aromatic rings. The molecule has 0 unspecified atom stereocenters. The van der Waals surface area contributed by atoms with Gasteiger partial charge in [-0.15, -0.1) is 0 Å². The van der Waals surface area contributed by atoms with Crippen molar-refractivity contribution in [3.8, 4) is 0 Å². The van der Waals surface area contributed by atoms with E-state index in [1.165, 1.54) is 24.5 Å². The van der Waals surface area contributed by atoms with Crippen LogP contribution in [-0.2, 0) is 13.0 Å². The molecule has 0 saturated heterocycles. The van der Waals surface area contributed by atoms with Crippen molar-refractivity contribution in [2.24, 2.45) is 0 Å². The van der Waals surface area contributed by atoms with Gasteiger partial charge < -0.3 is 15.2 Å². The third-order valence-corrected chi connectivity index (χ3v) is 5.30. The molecule has 0 radical (unpaired) electrons. The summed E-state index contributed by atoms with van der Waals surface area (Å²) in [4.78, 5) is 38.4. The first-order valence-electron chi connectivity index (χ1n) is 10.6. The lowest BCUT2D eigenvalue weighted by Gasteiger charge is -2.13. The van der Waals surface area contributed by atoms with Gasteiger partial charge in [0.05, 0.1) is 0 Å². The fraction of sp³-hybridized carbons (Fsp3) is 0.240. The van der Waals surface area contributed by atoms with Crippen LogP contribution in [0.3, 0.4) is 0 Å². The van der Waals surface area contributed by atoms with E-state index in [4.69, 9.17) is 0 Å². The number of nitrogens with zero attached hydrogens (tertiary/aromatic N) is 1. The number of aromatic nitrogens is 1. The maximum absolute atomic E-state index is 13.0. The molecule has 7 heteroatoms. The van der Waals surface area contributed by atoms with Gasteiger partial charge in [0.2, 0.25) is 5.43 Å². The molecule has 1 aromatic heterocycles. The molecule has 1 saturated carbocycles. The van der Waals surface area contributed by atoms with Crippen molar-refractivity contribution in [1.29, 1.82) is 0 Å². The lowest BCUT2D eigenvalue weighted by atomic mass is 10.1. The van der Waals surface area contributed by atoms with Gasteiger partial charge in [0.1, 0.15) is 16.9 Å². The zero-order valence-electron chi connectivity index (χ0n) is 17.5. The van der Waals surface area contributed by atoms with Gasteiger partial charge in [-0.25, -0.2) is 4.39 Å². The van der Waals surface area contributed by atoms with Crippen LogP contribution in [-0.4, -0.2) is 29.0 Å². The zero-order valence-corrected chi connectivity index (χ0v) is 17.5. The van der Waals surface area contributed by atoms with Gasteiger partial charge in [0, 0.05) is 31.5 Å². The number of rotatable bonds is 8. The Morgan fingerprint density at radius 3 is 2.22 bits per heavy atom. The Labute approximate surface area is 185 Å². The van der Waals surface area contributed by atoms with E-state index in [1.807, 2.05) is 30.3 Å². The second-order valence-corrected chi connectivity index (χ2v) is 7.95. The van der Waals surface area contributed by atoms with E-state index in [0.717, 1.165) is 24.0 Å². The molecule has 4 rings (SSSR count). The number of pyridine rings is 1. The molecule has 1 heterocycles. The molecular weight excluding hydrogens is 409 g/mol. The van der Waals surface area contributed by atoms with Gasteiger partial charge in [-0.2, -0.15) is 0 Å². The number of carbonyl (C=O) groups is 2. The number of amides is 2. The molecular formula is C25H24FN3O3. The Kier molecular flexibility index (Phi) is 6.44. The number of benzene rings is 2. The highest BCUT2D eigenvalue weighted by atomic mass is 19.1. The normalized spacial score (nSPS) is 12.9. The maximum atomic E-state index is 13.0. The first-order chi connectivity index (χ1) is 15.5. The SMILES string of the molecule is O=C(NCCc1ccc(F)cc1)c1cn(Cc2ccccc2)cc(C(=O)NC2CC2)c1=O. The minimum atomic E-state index is -0.591. The summed E-state index contributed by atoms with van der Waals surface area (Å²) in [6.45, 7) is 0.696. The molecule has 1 aliphatic carbocycles. The van der Waals surface area contributed by atoms with E-state index < -0.39 is 17.2 Å². The molecule has 2 aromatic carbocycles. The summed E-state index contributed by atoms with van der Waals surface area (Å²) in [5.41, 5.74) is 1.13. The highest BCUT2D eigenvalue weighted by molar-refractivity contribution is 5.99. The minimum Gasteiger partial charge on any atom is -0.352 e. The van der Waals surface area contributed by atoms with Crippen LogP contribution in [0.1, 0.15) is 44.7 Å². The molecule has 0 atom stereocenters. The lowest BCUT2D eigenvalue weighted by molar-refractivity contribution is 0.0949. The van der Waals surface area contributed by atoms with Gasteiger partial charge in [-0.1, -0.05) is 42.5 Å². The van der Waals surface area contributed by atoms with E-state index in [-0.39, 0.29) is 29.5 Å². The van der Waals surface area contributed by atoms with Crippen molar-refractivity contribution in [3.63, 3.8) is 0 Å². The molecule has 32 heavy (non-hydrogen) atoms. The van der Waals surface area contributed by atoms with Crippen LogP contribution in [0.2, 0.25) is 0 Å². The van der Waals surface area contributed by atoms with Crippen molar-refractivity contribution in [2.75, 3.05) is 6.54 Å². The first-order valence-corrected chi connectivity index (χ1v) is 10.6. The van der Waals surface area contributed by atoms with E-state index >= 15 is 0 Å². The Balaban J connectivity index is 1.54. The third-order valence-electron chi connectivity index (χ3n) is 5.30. The van der Waals surface area contributed by atoms with Crippen molar-refractivity contribution >= 4 is 11.8 Å². The number of carbonyl (C=O) groups excluding carboxylic acids is 2. The number of hydrogen-bond donors (Lipinski definition) is 2. The molecule has 0 bridgehead atoms. The Bertz CT molecular complexity index is 1170. The second-order valence-electron chi connectivity index (χ2n) is 7.95. The molecule has 1 aliphatic rings. The van der Waals surface area contributed by atoms with Crippen molar-refractivity contribution < 1.29 is 14.0 Å². The Hall–Kier alpha value is -3.74. The predicted octanol–water partition coefficient (Wildman–Crippen LogP) is 2.90. The Morgan fingerprint density at radius 1 is 0.906 bits per heavy atom. The van der Waals surface area contributed by atoms with Gasteiger partial charge in [0.15, 0.2) is 0 Å².